The van der Waals surface area contributed by atoms with E-state index in [0.29, 0.717) is 0 Å². The van der Waals surface area contributed by atoms with Gasteiger partial charge in [0.15, 0.2) is 0 Å². The summed E-state index contributed by atoms with van der Waals surface area (Å²) in [7, 11) is -7.88. The third-order valence-electron chi connectivity index (χ3n) is 4.12. The van der Waals surface area contributed by atoms with Gasteiger partial charge < -0.3 is 5.21 Å². The van der Waals surface area contributed by atoms with Crippen molar-refractivity contribution in [2.75, 3.05) is 0 Å². The van der Waals surface area contributed by atoms with Crippen LogP contribution in [0.4, 0.5) is 0 Å². The summed E-state index contributed by atoms with van der Waals surface area (Å²) in [6.45, 7) is 6.40. The van der Waals surface area contributed by atoms with Crippen LogP contribution in [0, 0.1) is 13.8 Å². The summed E-state index contributed by atoms with van der Waals surface area (Å²) in [6, 6.07) is 12.3. The van der Waals surface area contributed by atoms with Crippen LogP contribution in [0.3, 0.4) is 0 Å². The predicted molar refractivity (Wildman–Crippen MR) is 118 cm³/mol. The number of nitrogens with one attached hydrogen (secondary N) is 2. The number of nitrogens with zero attached hydrogens (tertiary/aromatic N) is 3. The molecule has 0 atom stereocenters. The molecule has 10 nitrogen and oxygen atoms in total. The average Bonchev–Trinajstić information content (AvgIpc) is 2.72. The van der Waals surface area contributed by atoms with E-state index in [2.05, 4.69) is 15.4 Å². The maximum Gasteiger partial charge on any atom is 0.276 e. The van der Waals surface area contributed by atoms with Gasteiger partial charge in [-0.1, -0.05) is 40.5 Å². The molecule has 0 aliphatic carbocycles. The molecular weight excluding hydrogens is 442 g/mol. The molecule has 2 rings (SSSR count). The Labute approximate surface area is 181 Å². The Morgan fingerprint density at radius 1 is 0.710 bits per heavy atom. The lowest BCUT2D eigenvalue weighted by Gasteiger charge is -2.08. The molecule has 0 bridgehead atoms. The molecule has 2 aromatic rings. The molecule has 0 heterocycles. The van der Waals surface area contributed by atoms with Crippen LogP contribution in [-0.4, -0.2) is 39.2 Å². The smallest absolute Gasteiger partial charge is 0.276 e. The van der Waals surface area contributed by atoms with E-state index >= 15 is 0 Å². The van der Waals surface area contributed by atoms with Crippen molar-refractivity contribution in [3.05, 3.63) is 59.7 Å². The Hall–Kier alpha value is -3.25. The van der Waals surface area contributed by atoms with E-state index in [1.807, 2.05) is 23.5 Å². The first-order valence-electron chi connectivity index (χ1n) is 8.94. The van der Waals surface area contributed by atoms with E-state index in [0.717, 1.165) is 11.1 Å². The van der Waals surface area contributed by atoms with Crippen molar-refractivity contribution < 1.29 is 22.0 Å². The van der Waals surface area contributed by atoms with Crippen LogP contribution in [0.5, 0.6) is 0 Å². The molecule has 0 radical (unpaired) electrons. The van der Waals surface area contributed by atoms with Crippen LogP contribution in [0.2, 0.25) is 0 Å². The van der Waals surface area contributed by atoms with E-state index < -0.39 is 20.0 Å². The second-order valence-corrected chi connectivity index (χ2v) is 9.98. The highest BCUT2D eigenvalue weighted by atomic mass is 32.2. The van der Waals surface area contributed by atoms with Crippen molar-refractivity contribution in [3.63, 3.8) is 0 Å². The van der Waals surface area contributed by atoms with Gasteiger partial charge >= 0.3 is 0 Å². The highest BCUT2D eigenvalue weighted by molar-refractivity contribution is 7.89. The number of hydrogen-bond donors (Lipinski definition) is 3. The summed E-state index contributed by atoms with van der Waals surface area (Å²) < 4.78 is 49.3. The summed E-state index contributed by atoms with van der Waals surface area (Å²) >= 11 is 0. The van der Waals surface area contributed by atoms with E-state index in [4.69, 9.17) is 0 Å². The fraction of sp³-hybridized carbons (Fsp3) is 0.211. The number of aryl methyl sites for hydroxylation is 2. The zero-order chi connectivity index (χ0) is 23.2. The van der Waals surface area contributed by atoms with Crippen LogP contribution >= 0.6 is 0 Å². The lowest BCUT2D eigenvalue weighted by Crippen LogP contribution is -2.28. The van der Waals surface area contributed by atoms with E-state index in [9.17, 15) is 22.0 Å². The zero-order valence-electron chi connectivity index (χ0n) is 17.4. The summed E-state index contributed by atoms with van der Waals surface area (Å²) in [6.07, 6.45) is 0. The summed E-state index contributed by atoms with van der Waals surface area (Å²) in [4.78, 5) is 4.10. The Morgan fingerprint density at radius 2 is 1.03 bits per heavy atom. The van der Waals surface area contributed by atoms with E-state index in [1.165, 1.54) is 38.1 Å². The topological polar surface area (TPSA) is 150 Å². The normalized spacial score (nSPS) is 13.7. The van der Waals surface area contributed by atoms with Crippen LogP contribution in [0.15, 0.2) is 73.7 Å². The molecule has 0 saturated carbocycles. The van der Waals surface area contributed by atoms with Gasteiger partial charge in [-0.05, 0) is 52.0 Å². The third-order valence-corrected chi connectivity index (χ3v) is 6.56. The maximum atomic E-state index is 12.3. The molecule has 0 unspecified atom stereocenters. The second-order valence-electron chi connectivity index (χ2n) is 6.66. The van der Waals surface area contributed by atoms with Gasteiger partial charge in [-0.3, -0.25) is 0 Å². The van der Waals surface area contributed by atoms with Crippen molar-refractivity contribution in [1.82, 2.24) is 9.66 Å². The number of benzene rings is 2. The zero-order valence-corrected chi connectivity index (χ0v) is 19.0. The van der Waals surface area contributed by atoms with Gasteiger partial charge in [-0.15, -0.1) is 0 Å². The highest BCUT2D eigenvalue weighted by Crippen LogP contribution is 2.11. The molecule has 0 amide bonds. The van der Waals surface area contributed by atoms with Gasteiger partial charge in [0.25, 0.3) is 20.0 Å². The van der Waals surface area contributed by atoms with E-state index in [-0.39, 0.29) is 26.9 Å². The summed E-state index contributed by atoms with van der Waals surface area (Å²) in [5.74, 6) is 0. The van der Waals surface area contributed by atoms with Crippen LogP contribution in [-0.2, 0) is 20.0 Å². The van der Waals surface area contributed by atoms with Gasteiger partial charge in [0.1, 0.15) is 5.71 Å². The van der Waals surface area contributed by atoms with Gasteiger partial charge in [-0.2, -0.15) is 36.7 Å². The largest absolute Gasteiger partial charge is 0.410 e. The van der Waals surface area contributed by atoms with Crippen LogP contribution in [0.1, 0.15) is 25.0 Å². The van der Waals surface area contributed by atoms with Crippen molar-refractivity contribution in [2.45, 2.75) is 37.5 Å². The van der Waals surface area contributed by atoms with Crippen molar-refractivity contribution in [1.29, 1.82) is 0 Å². The van der Waals surface area contributed by atoms with Crippen molar-refractivity contribution in [2.24, 2.45) is 15.4 Å². The number of rotatable bonds is 8. The Morgan fingerprint density at radius 3 is 1.32 bits per heavy atom. The first-order valence-corrected chi connectivity index (χ1v) is 11.9. The van der Waals surface area contributed by atoms with Gasteiger partial charge in [0.2, 0.25) is 0 Å². The molecule has 0 aliphatic heterocycles. The summed E-state index contributed by atoms with van der Waals surface area (Å²) in [5, 5.41) is 19.8. The molecular formula is C19H23N5O5S2. The predicted octanol–water partition coefficient (Wildman–Crippen LogP) is 2.14. The van der Waals surface area contributed by atoms with Gasteiger partial charge in [0, 0.05) is 0 Å². The fourth-order valence-electron chi connectivity index (χ4n) is 2.31. The molecule has 0 spiro atoms. The third kappa shape index (κ3) is 6.36. The van der Waals surface area contributed by atoms with Crippen LogP contribution in [0.25, 0.3) is 0 Å². The average molecular weight is 466 g/mol. The van der Waals surface area contributed by atoms with Crippen LogP contribution < -0.4 is 9.66 Å². The Balaban J connectivity index is 2.17. The minimum Gasteiger partial charge on any atom is -0.410 e. The summed E-state index contributed by atoms with van der Waals surface area (Å²) in [5.41, 5.74) is 1.52. The SMILES string of the molecule is C/C(=N/NS(=O)(=O)c1ccc(C)cc1)C(=NO)/C(C)=N/NS(=O)(=O)c1ccc(C)cc1. The van der Waals surface area contributed by atoms with Crippen molar-refractivity contribution >= 4 is 37.2 Å². The molecule has 0 saturated heterocycles. The quantitative estimate of drug-likeness (QED) is 0.310. The maximum absolute atomic E-state index is 12.3. The lowest BCUT2D eigenvalue weighted by molar-refractivity contribution is 0.321. The number of hydrazone groups is 2. The molecule has 0 aliphatic rings. The number of sulfonamides is 2. The monoisotopic (exact) mass is 465 g/mol. The highest BCUT2D eigenvalue weighted by Gasteiger charge is 2.17. The van der Waals surface area contributed by atoms with E-state index in [1.54, 1.807) is 24.3 Å². The second kappa shape index (κ2) is 9.71. The molecule has 2 aromatic carbocycles. The number of hydrogen-bond acceptors (Lipinski definition) is 8. The molecule has 0 aromatic heterocycles. The van der Waals surface area contributed by atoms with Gasteiger partial charge in [0.05, 0.1) is 21.2 Å². The lowest BCUT2D eigenvalue weighted by atomic mass is 10.2. The molecule has 12 heteroatoms. The molecule has 166 valence electrons. The first-order chi connectivity index (χ1) is 14.5. The minimum absolute atomic E-state index is 0.00776. The van der Waals surface area contributed by atoms with Gasteiger partial charge in [-0.25, -0.2) is 0 Å². The standard InChI is InChI=1S/C19H23N5O5S2/c1-13-5-9-17(10-6-13)30(26,27)23-20-15(3)19(22-25)16(4)21-24-31(28,29)18-11-7-14(2)8-12-18/h5-12,23-25H,1-4H3/b20-15-,21-16+,22-19?. The molecule has 3 N–H and O–H groups in total. The Kier molecular flexibility index (Phi) is 7.52. The van der Waals surface area contributed by atoms with Crippen molar-refractivity contribution in [3.8, 4) is 0 Å². The minimum atomic E-state index is -3.94. The molecule has 0 fully saturated rings. The number of oxime groups is 1. The fourth-order valence-corrected chi connectivity index (χ4v) is 4.02. The Bertz CT molecular complexity index is 1140. The molecule has 31 heavy (non-hydrogen) atoms. The first kappa shape index (κ1) is 24.0.